The van der Waals surface area contributed by atoms with E-state index in [1.54, 1.807) is 0 Å². The molecule has 0 fully saturated rings. The van der Waals surface area contributed by atoms with Gasteiger partial charge < -0.3 is 9.88 Å². The highest BCUT2D eigenvalue weighted by molar-refractivity contribution is 9.10. The van der Waals surface area contributed by atoms with Crippen LogP contribution < -0.4 is 5.32 Å². The number of para-hydroxylation sites is 2. The smallest absolute Gasteiger partial charge is 0.244 e. The molecule has 5 heteroatoms. The molecule has 118 valence electrons. The van der Waals surface area contributed by atoms with Crippen molar-refractivity contribution in [3.63, 3.8) is 0 Å². The summed E-state index contributed by atoms with van der Waals surface area (Å²) >= 11 is 3.47. The van der Waals surface area contributed by atoms with Gasteiger partial charge in [0.2, 0.25) is 5.91 Å². The van der Waals surface area contributed by atoms with Gasteiger partial charge in [0.25, 0.3) is 0 Å². The number of imidazole rings is 1. The van der Waals surface area contributed by atoms with Gasteiger partial charge in [0.15, 0.2) is 0 Å². The number of hydrogen-bond acceptors (Lipinski definition) is 2. The second-order valence-corrected chi connectivity index (χ2v) is 6.32. The summed E-state index contributed by atoms with van der Waals surface area (Å²) in [6.07, 6.45) is 0.791. The van der Waals surface area contributed by atoms with Crippen LogP contribution in [0.1, 0.15) is 18.3 Å². The largest absolute Gasteiger partial charge is 0.325 e. The Morgan fingerprint density at radius 3 is 2.78 bits per heavy atom. The van der Waals surface area contributed by atoms with Gasteiger partial charge in [-0.3, -0.25) is 4.79 Å². The maximum absolute atomic E-state index is 12.4. The first-order valence-electron chi connectivity index (χ1n) is 7.58. The molecule has 0 bridgehead atoms. The lowest BCUT2D eigenvalue weighted by atomic mass is 10.2. The molecule has 0 atom stereocenters. The number of carbonyl (C=O) groups is 1. The predicted octanol–water partition coefficient (Wildman–Crippen LogP) is 4.31. The number of halogens is 1. The lowest BCUT2D eigenvalue weighted by Gasteiger charge is -2.10. The number of nitrogens with zero attached hydrogens (tertiary/aromatic N) is 2. The highest BCUT2D eigenvalue weighted by Crippen LogP contribution is 2.21. The van der Waals surface area contributed by atoms with Crippen molar-refractivity contribution in [3.8, 4) is 0 Å². The Bertz CT molecular complexity index is 870. The van der Waals surface area contributed by atoms with E-state index < -0.39 is 0 Å². The molecule has 1 aromatic heterocycles. The summed E-state index contributed by atoms with van der Waals surface area (Å²) in [6.45, 7) is 4.31. The molecule has 0 radical (unpaired) electrons. The Kier molecular flexibility index (Phi) is 4.48. The molecule has 0 saturated carbocycles. The molecule has 1 amide bonds. The van der Waals surface area contributed by atoms with Gasteiger partial charge in [-0.2, -0.15) is 0 Å². The molecule has 0 spiro atoms. The lowest BCUT2D eigenvalue weighted by Crippen LogP contribution is -2.20. The van der Waals surface area contributed by atoms with E-state index in [-0.39, 0.29) is 12.5 Å². The number of aromatic nitrogens is 2. The Morgan fingerprint density at radius 2 is 2.04 bits per heavy atom. The van der Waals surface area contributed by atoms with Crippen molar-refractivity contribution in [2.24, 2.45) is 0 Å². The zero-order valence-electron chi connectivity index (χ0n) is 13.1. The second-order valence-electron chi connectivity index (χ2n) is 5.47. The molecule has 4 nitrogen and oxygen atoms in total. The molecule has 0 aliphatic carbocycles. The molecule has 0 aliphatic heterocycles. The van der Waals surface area contributed by atoms with Crippen molar-refractivity contribution in [3.05, 3.63) is 58.3 Å². The van der Waals surface area contributed by atoms with Crippen LogP contribution in [0.2, 0.25) is 0 Å². The number of nitrogens with one attached hydrogen (secondary N) is 1. The Labute approximate surface area is 143 Å². The zero-order chi connectivity index (χ0) is 16.4. The van der Waals surface area contributed by atoms with Crippen LogP contribution in [0.15, 0.2) is 46.9 Å². The molecule has 0 aliphatic rings. The number of benzene rings is 2. The highest BCUT2D eigenvalue weighted by atomic mass is 79.9. The van der Waals surface area contributed by atoms with Crippen LogP contribution in [-0.2, 0) is 17.8 Å². The van der Waals surface area contributed by atoms with Gasteiger partial charge in [-0.15, -0.1) is 0 Å². The van der Waals surface area contributed by atoms with Crippen molar-refractivity contribution in [2.75, 3.05) is 5.32 Å². The van der Waals surface area contributed by atoms with E-state index in [2.05, 4.69) is 26.2 Å². The summed E-state index contributed by atoms with van der Waals surface area (Å²) in [5.41, 5.74) is 3.81. The van der Waals surface area contributed by atoms with Crippen molar-refractivity contribution in [2.45, 2.75) is 26.8 Å². The van der Waals surface area contributed by atoms with Gasteiger partial charge in [0.05, 0.1) is 11.0 Å². The third-order valence-electron chi connectivity index (χ3n) is 3.79. The van der Waals surface area contributed by atoms with E-state index in [9.17, 15) is 4.79 Å². The van der Waals surface area contributed by atoms with Gasteiger partial charge in [-0.25, -0.2) is 4.98 Å². The molecular weight excluding hydrogens is 354 g/mol. The molecule has 1 heterocycles. The minimum absolute atomic E-state index is 0.0513. The van der Waals surface area contributed by atoms with Crippen LogP contribution in [0.3, 0.4) is 0 Å². The third-order valence-corrected chi connectivity index (χ3v) is 4.68. The predicted molar refractivity (Wildman–Crippen MR) is 96.6 cm³/mol. The number of hydrogen-bond donors (Lipinski definition) is 1. The van der Waals surface area contributed by atoms with Crippen LogP contribution in [0.25, 0.3) is 11.0 Å². The molecule has 23 heavy (non-hydrogen) atoms. The lowest BCUT2D eigenvalue weighted by molar-refractivity contribution is -0.116. The normalized spacial score (nSPS) is 10.9. The molecule has 0 unspecified atom stereocenters. The molecule has 1 N–H and O–H groups in total. The zero-order valence-corrected chi connectivity index (χ0v) is 14.7. The minimum Gasteiger partial charge on any atom is -0.325 e. The van der Waals surface area contributed by atoms with E-state index in [0.717, 1.165) is 39.0 Å². The average molecular weight is 372 g/mol. The summed E-state index contributed by atoms with van der Waals surface area (Å²) in [5, 5.41) is 2.96. The fourth-order valence-corrected chi connectivity index (χ4v) is 2.88. The minimum atomic E-state index is -0.0513. The molecule has 0 saturated heterocycles. The van der Waals surface area contributed by atoms with Crippen molar-refractivity contribution in [1.29, 1.82) is 0 Å². The van der Waals surface area contributed by atoms with Gasteiger partial charge in [0.1, 0.15) is 12.4 Å². The summed E-state index contributed by atoms with van der Waals surface area (Å²) in [7, 11) is 0. The van der Waals surface area contributed by atoms with Crippen molar-refractivity contribution >= 4 is 38.6 Å². The number of anilines is 1. The third kappa shape index (κ3) is 3.29. The first-order valence-corrected chi connectivity index (χ1v) is 8.38. The first kappa shape index (κ1) is 15.7. The Morgan fingerprint density at radius 1 is 1.26 bits per heavy atom. The van der Waals surface area contributed by atoms with E-state index in [1.807, 2.05) is 60.9 Å². The van der Waals surface area contributed by atoms with E-state index in [0.29, 0.717) is 0 Å². The van der Waals surface area contributed by atoms with Crippen LogP contribution in [0.4, 0.5) is 5.69 Å². The van der Waals surface area contributed by atoms with Gasteiger partial charge >= 0.3 is 0 Å². The molecule has 2 aromatic carbocycles. The van der Waals surface area contributed by atoms with Crippen molar-refractivity contribution < 1.29 is 4.79 Å². The van der Waals surface area contributed by atoms with Gasteiger partial charge in [0, 0.05) is 16.6 Å². The van der Waals surface area contributed by atoms with Crippen molar-refractivity contribution in [1.82, 2.24) is 9.55 Å². The Hall–Kier alpha value is -2.14. The topological polar surface area (TPSA) is 46.9 Å². The Balaban J connectivity index is 1.83. The number of aryl methyl sites for hydroxylation is 2. The summed E-state index contributed by atoms with van der Waals surface area (Å²) < 4.78 is 3.01. The maximum atomic E-state index is 12.4. The number of amides is 1. The average Bonchev–Trinajstić information content (AvgIpc) is 2.89. The first-order chi connectivity index (χ1) is 11.1. The molecule has 3 aromatic rings. The second kappa shape index (κ2) is 6.54. The quantitative estimate of drug-likeness (QED) is 0.742. The number of fused-ring (bicyclic) bond motifs is 1. The summed E-state index contributed by atoms with van der Waals surface area (Å²) in [6, 6.07) is 13.7. The van der Waals surface area contributed by atoms with E-state index in [1.165, 1.54) is 0 Å². The monoisotopic (exact) mass is 371 g/mol. The van der Waals surface area contributed by atoms with Crippen LogP contribution in [0.5, 0.6) is 0 Å². The van der Waals surface area contributed by atoms with E-state index >= 15 is 0 Å². The van der Waals surface area contributed by atoms with Crippen LogP contribution >= 0.6 is 15.9 Å². The standard InChI is InChI=1S/C18H18BrN3O/c1-3-17-21-15-6-4-5-7-16(15)22(17)11-18(23)20-13-8-9-14(19)12(2)10-13/h4-10H,3,11H2,1-2H3,(H,20,23). The summed E-state index contributed by atoms with van der Waals surface area (Å²) in [5.74, 6) is 0.873. The van der Waals surface area contributed by atoms with Crippen LogP contribution in [0, 0.1) is 6.92 Å². The summed E-state index contributed by atoms with van der Waals surface area (Å²) in [4.78, 5) is 17.0. The number of carbonyl (C=O) groups excluding carboxylic acids is 1. The van der Waals surface area contributed by atoms with E-state index in [4.69, 9.17) is 0 Å². The van der Waals surface area contributed by atoms with Gasteiger partial charge in [-0.05, 0) is 42.8 Å². The highest BCUT2D eigenvalue weighted by Gasteiger charge is 2.12. The fraction of sp³-hybridized carbons (Fsp3) is 0.222. The van der Waals surface area contributed by atoms with Crippen LogP contribution in [-0.4, -0.2) is 15.5 Å². The van der Waals surface area contributed by atoms with Gasteiger partial charge in [-0.1, -0.05) is 35.0 Å². The molecular formula is C18H18BrN3O. The number of rotatable bonds is 4. The SMILES string of the molecule is CCc1nc2ccccc2n1CC(=O)Nc1ccc(Br)c(C)c1. The maximum Gasteiger partial charge on any atom is 0.244 e. The fourth-order valence-electron chi connectivity index (χ4n) is 2.64. The molecule has 3 rings (SSSR count).